The molecule has 0 amide bonds. The topological polar surface area (TPSA) is 55.8 Å². The number of carbonyl (C=O) groups is 1. The van der Waals surface area contributed by atoms with E-state index in [1.54, 1.807) is 6.07 Å². The molecule has 0 aromatic heterocycles. The molecule has 0 saturated carbocycles. The van der Waals surface area contributed by atoms with Crippen LogP contribution in [0.25, 0.3) is 0 Å². The van der Waals surface area contributed by atoms with E-state index in [1.165, 1.54) is 6.92 Å². The van der Waals surface area contributed by atoms with Gasteiger partial charge in [0.2, 0.25) is 6.79 Å². The number of ketones is 1. The van der Waals surface area contributed by atoms with Crippen LogP contribution in [-0.2, 0) is 4.79 Å². The van der Waals surface area contributed by atoms with Crippen molar-refractivity contribution in [2.75, 3.05) is 6.79 Å². The molecule has 0 radical (unpaired) electrons. The number of rotatable bonds is 2. The van der Waals surface area contributed by atoms with Crippen LogP contribution in [0, 0.1) is 13.8 Å². The molecule has 1 aromatic carbocycles. The van der Waals surface area contributed by atoms with E-state index in [0.29, 0.717) is 17.1 Å². The molecule has 4 heteroatoms. The first-order valence-corrected chi connectivity index (χ1v) is 5.10. The van der Waals surface area contributed by atoms with E-state index >= 15 is 0 Å². The number of aliphatic hydroxyl groups excluding tert-OH is 1. The van der Waals surface area contributed by atoms with Gasteiger partial charge in [0.1, 0.15) is 6.10 Å². The van der Waals surface area contributed by atoms with Crippen LogP contribution in [0.3, 0.4) is 0 Å². The van der Waals surface area contributed by atoms with E-state index in [-0.39, 0.29) is 12.6 Å². The van der Waals surface area contributed by atoms with E-state index in [1.807, 2.05) is 13.8 Å². The maximum absolute atomic E-state index is 11.2. The van der Waals surface area contributed by atoms with E-state index < -0.39 is 6.10 Å². The number of hydrogen-bond acceptors (Lipinski definition) is 4. The zero-order chi connectivity index (χ0) is 11.9. The molecule has 1 unspecified atom stereocenters. The van der Waals surface area contributed by atoms with Crippen molar-refractivity contribution in [3.05, 3.63) is 22.8 Å². The van der Waals surface area contributed by atoms with Crippen LogP contribution in [0.1, 0.15) is 29.7 Å². The molecule has 1 N–H and O–H groups in total. The highest BCUT2D eigenvalue weighted by molar-refractivity contribution is 5.83. The van der Waals surface area contributed by atoms with Crippen molar-refractivity contribution < 1.29 is 19.4 Å². The second-order valence-electron chi connectivity index (χ2n) is 3.99. The fourth-order valence-corrected chi connectivity index (χ4v) is 1.78. The molecule has 0 spiro atoms. The molecule has 16 heavy (non-hydrogen) atoms. The summed E-state index contributed by atoms with van der Waals surface area (Å²) in [4.78, 5) is 11.2. The fourth-order valence-electron chi connectivity index (χ4n) is 1.78. The predicted molar refractivity (Wildman–Crippen MR) is 57.7 cm³/mol. The summed E-state index contributed by atoms with van der Waals surface area (Å²) in [5, 5.41) is 9.79. The number of aryl methyl sites for hydroxylation is 1. The van der Waals surface area contributed by atoms with Crippen molar-refractivity contribution >= 4 is 5.78 Å². The Bertz CT molecular complexity index is 451. The largest absolute Gasteiger partial charge is 0.453 e. The third-order valence-electron chi connectivity index (χ3n) is 2.86. The van der Waals surface area contributed by atoms with Gasteiger partial charge in [0, 0.05) is 5.56 Å². The Kier molecular flexibility index (Phi) is 2.59. The first-order chi connectivity index (χ1) is 7.52. The van der Waals surface area contributed by atoms with E-state index in [0.717, 1.165) is 11.1 Å². The summed E-state index contributed by atoms with van der Waals surface area (Å²) in [7, 11) is 0. The summed E-state index contributed by atoms with van der Waals surface area (Å²) in [5.74, 6) is 0.821. The zero-order valence-electron chi connectivity index (χ0n) is 9.53. The van der Waals surface area contributed by atoms with Gasteiger partial charge in [-0.05, 0) is 38.0 Å². The van der Waals surface area contributed by atoms with Crippen LogP contribution in [0.15, 0.2) is 6.07 Å². The highest BCUT2D eigenvalue weighted by Gasteiger charge is 2.27. The molecule has 1 atom stereocenters. The minimum atomic E-state index is -1.14. The summed E-state index contributed by atoms with van der Waals surface area (Å²) < 4.78 is 10.6. The van der Waals surface area contributed by atoms with Crippen LogP contribution in [-0.4, -0.2) is 17.7 Å². The first-order valence-electron chi connectivity index (χ1n) is 5.10. The third-order valence-corrected chi connectivity index (χ3v) is 2.86. The summed E-state index contributed by atoms with van der Waals surface area (Å²) in [6, 6.07) is 1.77. The molecule has 86 valence electrons. The minimum absolute atomic E-state index is 0.136. The maximum Gasteiger partial charge on any atom is 0.231 e. The molecular weight excluding hydrogens is 208 g/mol. The number of carbonyl (C=O) groups excluding carboxylic acids is 1. The molecule has 0 saturated heterocycles. The van der Waals surface area contributed by atoms with Gasteiger partial charge in [-0.15, -0.1) is 0 Å². The maximum atomic E-state index is 11.2. The average Bonchev–Trinajstić information content (AvgIpc) is 2.71. The molecule has 1 aliphatic heterocycles. The van der Waals surface area contributed by atoms with Gasteiger partial charge in [-0.2, -0.15) is 0 Å². The summed E-state index contributed by atoms with van der Waals surface area (Å²) in [6.07, 6.45) is -1.14. The molecule has 1 aliphatic rings. The van der Waals surface area contributed by atoms with Crippen LogP contribution in [0.4, 0.5) is 0 Å². The molecule has 0 aliphatic carbocycles. The molecular formula is C12H14O4. The average molecular weight is 222 g/mol. The van der Waals surface area contributed by atoms with Gasteiger partial charge in [0.15, 0.2) is 17.3 Å². The first kappa shape index (κ1) is 11.0. The lowest BCUT2D eigenvalue weighted by Crippen LogP contribution is -2.09. The SMILES string of the molecule is CC(=O)C(O)c1cc(C)c(C)c2c1OCO2. The minimum Gasteiger partial charge on any atom is -0.453 e. The van der Waals surface area contributed by atoms with Gasteiger partial charge in [-0.25, -0.2) is 0 Å². The van der Waals surface area contributed by atoms with Crippen molar-refractivity contribution in [3.63, 3.8) is 0 Å². The monoisotopic (exact) mass is 222 g/mol. The lowest BCUT2D eigenvalue weighted by Gasteiger charge is -2.13. The Morgan fingerprint density at radius 1 is 1.38 bits per heavy atom. The fraction of sp³-hybridized carbons (Fsp3) is 0.417. The second-order valence-corrected chi connectivity index (χ2v) is 3.99. The van der Waals surface area contributed by atoms with Crippen molar-refractivity contribution in [2.24, 2.45) is 0 Å². The van der Waals surface area contributed by atoms with Crippen LogP contribution < -0.4 is 9.47 Å². The van der Waals surface area contributed by atoms with Crippen molar-refractivity contribution in [3.8, 4) is 11.5 Å². The van der Waals surface area contributed by atoms with Gasteiger partial charge in [0.25, 0.3) is 0 Å². The normalized spacial score (nSPS) is 15.0. The lowest BCUT2D eigenvalue weighted by atomic mass is 9.98. The molecule has 0 fully saturated rings. The van der Waals surface area contributed by atoms with Gasteiger partial charge in [0.05, 0.1) is 0 Å². The van der Waals surface area contributed by atoms with Crippen molar-refractivity contribution in [1.29, 1.82) is 0 Å². The Balaban J connectivity index is 2.59. The number of Topliss-reactive ketones (excluding diaryl/α,β-unsaturated/α-hetero) is 1. The Hall–Kier alpha value is -1.55. The number of benzene rings is 1. The van der Waals surface area contributed by atoms with Crippen LogP contribution in [0.2, 0.25) is 0 Å². The summed E-state index contributed by atoms with van der Waals surface area (Å²) in [6.45, 7) is 5.32. The smallest absolute Gasteiger partial charge is 0.231 e. The lowest BCUT2D eigenvalue weighted by molar-refractivity contribution is -0.125. The number of hydrogen-bond donors (Lipinski definition) is 1. The molecule has 4 nitrogen and oxygen atoms in total. The quantitative estimate of drug-likeness (QED) is 0.826. The highest BCUT2D eigenvalue weighted by atomic mass is 16.7. The van der Waals surface area contributed by atoms with Gasteiger partial charge in [-0.1, -0.05) is 0 Å². The Morgan fingerprint density at radius 3 is 2.62 bits per heavy atom. The molecule has 1 aromatic rings. The third kappa shape index (κ3) is 1.55. The van der Waals surface area contributed by atoms with E-state index in [9.17, 15) is 9.90 Å². The second kappa shape index (κ2) is 3.79. The van der Waals surface area contributed by atoms with Gasteiger partial charge in [-0.3, -0.25) is 4.79 Å². The standard InChI is InChI=1S/C12H14O4/c1-6-4-9(10(14)8(3)13)12-11(7(6)2)15-5-16-12/h4,10,14H,5H2,1-3H3. The molecule has 0 bridgehead atoms. The Morgan fingerprint density at radius 2 is 2.00 bits per heavy atom. The van der Waals surface area contributed by atoms with E-state index in [4.69, 9.17) is 9.47 Å². The number of aliphatic hydroxyl groups is 1. The van der Waals surface area contributed by atoms with Crippen molar-refractivity contribution in [2.45, 2.75) is 26.9 Å². The predicted octanol–water partition coefficient (Wildman–Crippen LogP) is 1.65. The molecule has 2 rings (SSSR count). The summed E-state index contributed by atoms with van der Waals surface area (Å²) in [5.41, 5.74) is 2.44. The Labute approximate surface area is 93.8 Å². The van der Waals surface area contributed by atoms with Crippen LogP contribution in [0.5, 0.6) is 11.5 Å². The molecule has 1 heterocycles. The number of ether oxygens (including phenoxy) is 2. The summed E-state index contributed by atoms with van der Waals surface area (Å²) >= 11 is 0. The van der Waals surface area contributed by atoms with E-state index in [2.05, 4.69) is 0 Å². The van der Waals surface area contributed by atoms with Gasteiger partial charge < -0.3 is 14.6 Å². The number of fused-ring (bicyclic) bond motifs is 1. The van der Waals surface area contributed by atoms with Crippen molar-refractivity contribution in [1.82, 2.24) is 0 Å². The zero-order valence-corrected chi connectivity index (χ0v) is 9.53. The highest BCUT2D eigenvalue weighted by Crippen LogP contribution is 2.42. The van der Waals surface area contributed by atoms with Crippen LogP contribution >= 0.6 is 0 Å². The van der Waals surface area contributed by atoms with Gasteiger partial charge >= 0.3 is 0 Å².